The van der Waals surface area contributed by atoms with Crippen LogP contribution in [-0.4, -0.2) is 49.2 Å². The number of fused-ring (bicyclic) bond motifs is 3. The number of halogens is 1. The van der Waals surface area contributed by atoms with Crippen molar-refractivity contribution in [3.05, 3.63) is 41.4 Å². The number of rotatable bonds is 2. The zero-order valence-corrected chi connectivity index (χ0v) is 16.1. The van der Waals surface area contributed by atoms with E-state index in [0.717, 1.165) is 24.6 Å². The molecule has 2 heterocycles. The third-order valence-corrected chi connectivity index (χ3v) is 7.77. The average molecular weight is 393 g/mol. The van der Waals surface area contributed by atoms with Crippen LogP contribution < -0.4 is 0 Å². The van der Waals surface area contributed by atoms with Gasteiger partial charge in [0.25, 0.3) is 0 Å². The summed E-state index contributed by atoms with van der Waals surface area (Å²) in [5, 5.41) is 1.97. The fourth-order valence-corrected chi connectivity index (χ4v) is 6.47. The summed E-state index contributed by atoms with van der Waals surface area (Å²) in [4.78, 5) is 14.2. The summed E-state index contributed by atoms with van der Waals surface area (Å²) >= 11 is 6.13. The van der Waals surface area contributed by atoms with Crippen LogP contribution >= 0.6 is 11.6 Å². The van der Waals surface area contributed by atoms with Crippen molar-refractivity contribution >= 4 is 38.3 Å². The fraction of sp³-hybridized carbons (Fsp3) is 0.421. The monoisotopic (exact) mass is 392 g/mol. The second-order valence-corrected chi connectivity index (χ2v) is 9.42. The Labute approximate surface area is 158 Å². The summed E-state index contributed by atoms with van der Waals surface area (Å²) in [5.74, 6) is 0.0144. The molecule has 26 heavy (non-hydrogen) atoms. The van der Waals surface area contributed by atoms with Crippen LogP contribution in [-0.2, 0) is 14.8 Å². The van der Waals surface area contributed by atoms with Crippen molar-refractivity contribution in [2.45, 2.75) is 42.7 Å². The maximum Gasteiger partial charge on any atom is 0.244 e. The lowest BCUT2D eigenvalue weighted by Gasteiger charge is -2.39. The number of nitrogens with zero attached hydrogens (tertiary/aromatic N) is 2. The molecule has 0 aliphatic carbocycles. The van der Waals surface area contributed by atoms with Crippen LogP contribution in [0.25, 0.3) is 10.8 Å². The number of carbonyl (C=O) groups excluding carboxylic acids is 1. The largest absolute Gasteiger partial charge is 0.344 e. The minimum absolute atomic E-state index is 0.0144. The molecule has 0 spiro atoms. The highest BCUT2D eigenvalue weighted by atomic mass is 35.5. The highest BCUT2D eigenvalue weighted by molar-refractivity contribution is 7.89. The fourth-order valence-electron chi connectivity index (χ4n) is 4.23. The summed E-state index contributed by atoms with van der Waals surface area (Å²) in [7, 11) is -1.98. The molecule has 2 aliphatic rings. The predicted octanol–water partition coefficient (Wildman–Crippen LogP) is 3.27. The molecule has 4 rings (SSSR count). The highest BCUT2D eigenvalue weighted by Gasteiger charge is 2.44. The average Bonchev–Trinajstić information content (AvgIpc) is 2.67. The standard InChI is InChI=1S/C19H21ClN2O3S/c1-21-12-16-6-3-5-15(11-19(21)23)22(16)26(24,25)18-7-2-4-13-8-9-14(20)10-17(13)18/h2,4,7-10,15-16H,3,5-6,11-12H2,1H3. The minimum atomic E-state index is -3.74. The Kier molecular flexibility index (Phi) is 4.45. The second kappa shape index (κ2) is 6.51. The van der Waals surface area contributed by atoms with Gasteiger partial charge in [0.1, 0.15) is 0 Å². The normalized spacial score (nSPS) is 24.7. The van der Waals surface area contributed by atoms with Crippen LogP contribution in [0.1, 0.15) is 25.7 Å². The number of carbonyl (C=O) groups is 1. The van der Waals surface area contributed by atoms with E-state index in [1.807, 2.05) is 12.1 Å². The van der Waals surface area contributed by atoms with Gasteiger partial charge in [-0.15, -0.1) is 0 Å². The van der Waals surface area contributed by atoms with Gasteiger partial charge >= 0.3 is 0 Å². The Morgan fingerprint density at radius 2 is 1.88 bits per heavy atom. The number of hydrogen-bond acceptors (Lipinski definition) is 3. The molecule has 0 aromatic heterocycles. The molecular formula is C19H21ClN2O3S. The van der Waals surface area contributed by atoms with Gasteiger partial charge in [-0.25, -0.2) is 8.42 Å². The van der Waals surface area contributed by atoms with Crippen LogP contribution in [0.3, 0.4) is 0 Å². The van der Waals surface area contributed by atoms with Crippen LogP contribution in [0.15, 0.2) is 41.3 Å². The summed E-state index contributed by atoms with van der Waals surface area (Å²) < 4.78 is 28.9. The number of hydrogen-bond donors (Lipinski definition) is 0. The van der Waals surface area contributed by atoms with Crippen molar-refractivity contribution in [2.75, 3.05) is 13.6 Å². The summed E-state index contributed by atoms with van der Waals surface area (Å²) in [6.45, 7) is 0.445. The lowest BCUT2D eigenvalue weighted by atomic mass is 9.98. The van der Waals surface area contributed by atoms with E-state index >= 15 is 0 Å². The number of benzene rings is 2. The van der Waals surface area contributed by atoms with Crippen molar-refractivity contribution in [2.24, 2.45) is 0 Å². The first-order valence-corrected chi connectivity index (χ1v) is 10.7. The molecule has 0 N–H and O–H groups in total. The van der Waals surface area contributed by atoms with E-state index in [1.54, 1.807) is 40.5 Å². The van der Waals surface area contributed by atoms with E-state index in [2.05, 4.69) is 0 Å². The molecule has 2 aromatic rings. The number of sulfonamides is 1. The Balaban J connectivity index is 1.86. The molecule has 0 radical (unpaired) electrons. The van der Waals surface area contributed by atoms with Crippen molar-refractivity contribution in [3.63, 3.8) is 0 Å². The van der Waals surface area contributed by atoms with Crippen molar-refractivity contribution in [1.82, 2.24) is 9.21 Å². The Morgan fingerprint density at radius 3 is 2.69 bits per heavy atom. The lowest BCUT2D eigenvalue weighted by Crippen LogP contribution is -2.51. The highest BCUT2D eigenvalue weighted by Crippen LogP contribution is 2.36. The van der Waals surface area contributed by atoms with E-state index < -0.39 is 10.0 Å². The van der Waals surface area contributed by atoms with Crippen molar-refractivity contribution in [3.8, 4) is 0 Å². The molecule has 2 aliphatic heterocycles. The first-order valence-electron chi connectivity index (χ1n) is 8.84. The zero-order chi connectivity index (χ0) is 18.5. The van der Waals surface area contributed by atoms with Crippen LogP contribution in [0.2, 0.25) is 5.02 Å². The second-order valence-electron chi connectivity index (χ2n) is 7.17. The van der Waals surface area contributed by atoms with E-state index in [1.165, 1.54) is 0 Å². The summed E-state index contributed by atoms with van der Waals surface area (Å²) in [5.41, 5.74) is 0. The SMILES string of the molecule is CN1CC2CCCC(CC1=O)N2S(=O)(=O)c1cccc2ccc(Cl)cc12. The minimum Gasteiger partial charge on any atom is -0.344 e. The maximum atomic E-state index is 13.6. The zero-order valence-electron chi connectivity index (χ0n) is 14.6. The van der Waals surface area contributed by atoms with Gasteiger partial charge in [0.2, 0.25) is 15.9 Å². The first kappa shape index (κ1) is 17.8. The molecule has 1 amide bonds. The molecular weight excluding hydrogens is 372 g/mol. The van der Waals surface area contributed by atoms with E-state index in [9.17, 15) is 13.2 Å². The number of amides is 1. The Bertz CT molecular complexity index is 976. The third-order valence-electron chi connectivity index (χ3n) is 5.47. The predicted molar refractivity (Wildman–Crippen MR) is 102 cm³/mol. The van der Waals surface area contributed by atoms with Crippen LogP contribution in [0.4, 0.5) is 0 Å². The quantitative estimate of drug-likeness (QED) is 0.788. The summed E-state index contributed by atoms with van der Waals surface area (Å²) in [6, 6.07) is 10.1. The smallest absolute Gasteiger partial charge is 0.244 e. The van der Waals surface area contributed by atoms with Crippen LogP contribution in [0, 0.1) is 0 Å². The third kappa shape index (κ3) is 2.90. The number of likely N-dealkylation sites (N-methyl/N-ethyl adjacent to an activating group) is 1. The van der Waals surface area contributed by atoms with Gasteiger partial charge in [-0.2, -0.15) is 4.31 Å². The Hall–Kier alpha value is -1.63. The maximum absolute atomic E-state index is 13.6. The van der Waals surface area contributed by atoms with Crippen molar-refractivity contribution < 1.29 is 13.2 Å². The molecule has 2 saturated heterocycles. The molecule has 2 atom stereocenters. The first-order chi connectivity index (χ1) is 12.4. The molecule has 2 aromatic carbocycles. The van der Waals surface area contributed by atoms with Crippen molar-refractivity contribution in [1.29, 1.82) is 0 Å². The molecule has 0 saturated carbocycles. The van der Waals surface area contributed by atoms with Gasteiger partial charge < -0.3 is 4.90 Å². The molecule has 5 nitrogen and oxygen atoms in total. The van der Waals surface area contributed by atoms with Crippen LogP contribution in [0.5, 0.6) is 0 Å². The molecule has 2 bridgehead atoms. The van der Waals surface area contributed by atoms with Gasteiger partial charge in [0, 0.05) is 42.5 Å². The number of piperidine rings is 1. The van der Waals surface area contributed by atoms with E-state index in [-0.39, 0.29) is 29.3 Å². The summed E-state index contributed by atoms with van der Waals surface area (Å²) in [6.07, 6.45) is 2.70. The molecule has 2 unspecified atom stereocenters. The van der Waals surface area contributed by atoms with E-state index in [4.69, 9.17) is 11.6 Å². The lowest BCUT2D eigenvalue weighted by molar-refractivity contribution is -0.129. The van der Waals surface area contributed by atoms with E-state index in [0.29, 0.717) is 17.0 Å². The van der Waals surface area contributed by atoms with Gasteiger partial charge in [0.05, 0.1) is 4.90 Å². The van der Waals surface area contributed by atoms with Gasteiger partial charge in [0.15, 0.2) is 0 Å². The molecule has 138 valence electrons. The topological polar surface area (TPSA) is 57.7 Å². The van der Waals surface area contributed by atoms with Gasteiger partial charge in [-0.3, -0.25) is 4.79 Å². The van der Waals surface area contributed by atoms with Gasteiger partial charge in [-0.05, 0) is 36.4 Å². The van der Waals surface area contributed by atoms with Gasteiger partial charge in [-0.1, -0.05) is 36.2 Å². The molecule has 7 heteroatoms. The molecule has 2 fully saturated rings. The Morgan fingerprint density at radius 1 is 1.12 bits per heavy atom.